The molecule has 8 atom stereocenters. The van der Waals surface area contributed by atoms with E-state index in [2.05, 4.69) is 27.7 Å². The molecule has 0 amide bonds. The van der Waals surface area contributed by atoms with Crippen molar-refractivity contribution in [3.63, 3.8) is 0 Å². The number of hydrogen-bond donors (Lipinski definition) is 0. The Hall–Kier alpha value is 0. The Bertz CT molecular complexity index is 467. The third-order valence-corrected chi connectivity index (χ3v) is 10.4. The van der Waals surface area contributed by atoms with Crippen molar-refractivity contribution in [2.75, 3.05) is 0 Å². The second-order valence-corrected chi connectivity index (χ2v) is 11.2. The average molecular weight is 391 g/mol. The quantitative estimate of drug-likeness (QED) is 0.450. The summed E-state index contributed by atoms with van der Waals surface area (Å²) >= 11 is 0. The topological polar surface area (TPSA) is 0 Å². The standard InChI is InChI=1S/C25H44.C2H6.CH4/c1-5-8-18-13-15-25(4)20(17-18)11-12-21-22-10-7-9-19(6-2)24(22,3)16-14-23(21)25;1-2;/h18-23H,5-17H2,1-4H3;1-2H3;1H4. The first-order valence-corrected chi connectivity index (χ1v) is 13.0. The lowest BCUT2D eigenvalue weighted by atomic mass is 9.41. The van der Waals surface area contributed by atoms with Gasteiger partial charge in [0.05, 0.1) is 0 Å². The van der Waals surface area contributed by atoms with E-state index in [1.165, 1.54) is 32.1 Å². The third kappa shape index (κ3) is 3.97. The van der Waals surface area contributed by atoms with Gasteiger partial charge in [-0.15, -0.1) is 0 Å². The number of rotatable bonds is 3. The van der Waals surface area contributed by atoms with Crippen LogP contribution in [0.25, 0.3) is 0 Å². The summed E-state index contributed by atoms with van der Waals surface area (Å²) in [6.45, 7) is 14.3. The first kappa shape index (κ1) is 24.3. The Morgan fingerprint density at radius 2 is 1.46 bits per heavy atom. The van der Waals surface area contributed by atoms with Crippen molar-refractivity contribution in [2.45, 2.75) is 132 Å². The maximum Gasteiger partial charge on any atom is -0.0266 e. The van der Waals surface area contributed by atoms with Crippen molar-refractivity contribution in [3.8, 4) is 0 Å². The second kappa shape index (κ2) is 9.87. The van der Waals surface area contributed by atoms with E-state index >= 15 is 0 Å². The van der Waals surface area contributed by atoms with Crippen molar-refractivity contribution < 1.29 is 0 Å². The lowest BCUT2D eigenvalue weighted by molar-refractivity contribution is -0.146. The summed E-state index contributed by atoms with van der Waals surface area (Å²) in [7, 11) is 0. The highest BCUT2D eigenvalue weighted by molar-refractivity contribution is 5.07. The van der Waals surface area contributed by atoms with Crippen LogP contribution in [0.4, 0.5) is 0 Å². The Balaban J connectivity index is 0.000000906. The average Bonchev–Trinajstić information content (AvgIpc) is 2.69. The van der Waals surface area contributed by atoms with E-state index in [1.54, 1.807) is 51.4 Å². The molecular formula is C28H54. The molecule has 0 aromatic rings. The van der Waals surface area contributed by atoms with Gasteiger partial charge in [0, 0.05) is 0 Å². The molecule has 4 rings (SSSR count). The molecule has 0 heterocycles. The van der Waals surface area contributed by atoms with Gasteiger partial charge >= 0.3 is 0 Å². The Kier molecular flexibility index (Phi) is 8.56. The predicted molar refractivity (Wildman–Crippen MR) is 127 cm³/mol. The van der Waals surface area contributed by atoms with E-state index < -0.39 is 0 Å². The van der Waals surface area contributed by atoms with Crippen LogP contribution in [0.2, 0.25) is 0 Å². The van der Waals surface area contributed by atoms with Crippen molar-refractivity contribution in [1.82, 2.24) is 0 Å². The van der Waals surface area contributed by atoms with Gasteiger partial charge in [0.2, 0.25) is 0 Å². The number of hydrogen-bond acceptors (Lipinski definition) is 0. The first-order valence-electron chi connectivity index (χ1n) is 13.0. The maximum absolute atomic E-state index is 2.75. The Labute approximate surface area is 179 Å². The fourth-order valence-electron chi connectivity index (χ4n) is 9.00. The van der Waals surface area contributed by atoms with Crippen molar-refractivity contribution in [3.05, 3.63) is 0 Å². The summed E-state index contributed by atoms with van der Waals surface area (Å²) in [6.07, 6.45) is 19.9. The molecule has 28 heavy (non-hydrogen) atoms. The van der Waals surface area contributed by atoms with E-state index in [-0.39, 0.29) is 7.43 Å². The van der Waals surface area contributed by atoms with Crippen LogP contribution < -0.4 is 0 Å². The molecule has 4 aliphatic carbocycles. The van der Waals surface area contributed by atoms with Gasteiger partial charge < -0.3 is 0 Å². The summed E-state index contributed by atoms with van der Waals surface area (Å²) in [5.41, 5.74) is 1.39. The minimum atomic E-state index is 0. The van der Waals surface area contributed by atoms with E-state index in [9.17, 15) is 0 Å². The van der Waals surface area contributed by atoms with E-state index in [0.717, 1.165) is 35.5 Å². The molecule has 4 aliphatic rings. The summed E-state index contributed by atoms with van der Waals surface area (Å²) in [5.74, 6) is 6.37. The van der Waals surface area contributed by atoms with Gasteiger partial charge in [-0.05, 0) is 104 Å². The lowest BCUT2D eigenvalue weighted by Crippen LogP contribution is -2.56. The molecule has 0 aliphatic heterocycles. The minimum absolute atomic E-state index is 0. The molecule has 166 valence electrons. The molecule has 0 saturated heterocycles. The van der Waals surface area contributed by atoms with Crippen LogP contribution in [0, 0.1) is 46.3 Å². The van der Waals surface area contributed by atoms with E-state index in [1.807, 2.05) is 13.8 Å². The fraction of sp³-hybridized carbons (Fsp3) is 1.00. The van der Waals surface area contributed by atoms with Crippen LogP contribution in [0.15, 0.2) is 0 Å². The molecule has 4 fully saturated rings. The molecule has 0 aromatic carbocycles. The van der Waals surface area contributed by atoms with Gasteiger partial charge in [-0.25, -0.2) is 0 Å². The van der Waals surface area contributed by atoms with Gasteiger partial charge in [0.1, 0.15) is 0 Å². The second-order valence-electron chi connectivity index (χ2n) is 11.2. The smallest absolute Gasteiger partial charge is 0.0266 e. The van der Waals surface area contributed by atoms with Crippen LogP contribution in [-0.4, -0.2) is 0 Å². The summed E-state index contributed by atoms with van der Waals surface area (Å²) in [4.78, 5) is 0. The lowest BCUT2D eigenvalue weighted by Gasteiger charge is -2.64. The van der Waals surface area contributed by atoms with Crippen LogP contribution in [0.3, 0.4) is 0 Å². The zero-order valence-electron chi connectivity index (χ0n) is 19.7. The third-order valence-electron chi connectivity index (χ3n) is 10.4. The maximum atomic E-state index is 2.75. The molecule has 0 aromatic heterocycles. The molecule has 4 saturated carbocycles. The van der Waals surface area contributed by atoms with Crippen LogP contribution >= 0.6 is 0 Å². The van der Waals surface area contributed by atoms with E-state index in [4.69, 9.17) is 0 Å². The van der Waals surface area contributed by atoms with Gasteiger partial charge in [-0.2, -0.15) is 0 Å². The monoisotopic (exact) mass is 390 g/mol. The van der Waals surface area contributed by atoms with Gasteiger partial charge in [0.15, 0.2) is 0 Å². The molecule has 0 N–H and O–H groups in total. The van der Waals surface area contributed by atoms with Crippen molar-refractivity contribution >= 4 is 0 Å². The molecule has 0 radical (unpaired) electrons. The highest BCUT2D eigenvalue weighted by atomic mass is 14.6. The van der Waals surface area contributed by atoms with Gasteiger partial charge in [0.25, 0.3) is 0 Å². The van der Waals surface area contributed by atoms with Crippen LogP contribution in [0.5, 0.6) is 0 Å². The first-order chi connectivity index (χ1) is 13.0. The van der Waals surface area contributed by atoms with Crippen LogP contribution in [-0.2, 0) is 0 Å². The predicted octanol–water partition coefficient (Wildman–Crippen LogP) is 9.52. The molecule has 8 unspecified atom stereocenters. The molecule has 0 bridgehead atoms. The number of fused-ring (bicyclic) bond motifs is 5. The zero-order chi connectivity index (χ0) is 19.7. The molecule has 0 heteroatoms. The molecular weight excluding hydrogens is 336 g/mol. The zero-order valence-corrected chi connectivity index (χ0v) is 19.7. The molecule has 0 spiro atoms. The van der Waals surface area contributed by atoms with Crippen molar-refractivity contribution in [1.29, 1.82) is 0 Å². The SMILES string of the molecule is C.CC.CCCC1CCC2(C)C(CCC3C4CCCC(CC)C4(C)CCC32)C1. The van der Waals surface area contributed by atoms with Gasteiger partial charge in [-0.1, -0.05) is 74.7 Å². The Morgan fingerprint density at radius 1 is 0.786 bits per heavy atom. The van der Waals surface area contributed by atoms with Crippen molar-refractivity contribution in [2.24, 2.45) is 46.3 Å². The highest BCUT2D eigenvalue weighted by Gasteiger charge is 2.58. The normalized spacial score (nSPS) is 47.4. The van der Waals surface area contributed by atoms with Crippen LogP contribution in [0.1, 0.15) is 132 Å². The summed E-state index contributed by atoms with van der Waals surface area (Å²) in [5, 5.41) is 0. The molecule has 0 nitrogen and oxygen atoms in total. The summed E-state index contributed by atoms with van der Waals surface area (Å²) < 4.78 is 0. The largest absolute Gasteiger partial charge is 0.0776 e. The minimum Gasteiger partial charge on any atom is -0.0776 e. The summed E-state index contributed by atoms with van der Waals surface area (Å²) in [6, 6.07) is 0. The highest BCUT2D eigenvalue weighted by Crippen LogP contribution is 2.67. The van der Waals surface area contributed by atoms with E-state index in [0.29, 0.717) is 10.8 Å². The van der Waals surface area contributed by atoms with Gasteiger partial charge in [-0.3, -0.25) is 0 Å². The fourth-order valence-corrected chi connectivity index (χ4v) is 9.00. The Morgan fingerprint density at radius 3 is 2.14 bits per heavy atom.